The van der Waals surface area contributed by atoms with E-state index in [2.05, 4.69) is 121 Å². The Bertz CT molecular complexity index is 3570. The summed E-state index contributed by atoms with van der Waals surface area (Å²) in [5.41, 5.74) is 9.55. The van der Waals surface area contributed by atoms with Gasteiger partial charge in [0.25, 0.3) is 0 Å². The van der Waals surface area contributed by atoms with E-state index < -0.39 is 0 Å². The molecule has 0 atom stereocenters. The molecule has 6 heteroatoms. The first-order chi connectivity index (χ1) is 28.7. The van der Waals surface area contributed by atoms with Crippen molar-refractivity contribution in [3.63, 3.8) is 0 Å². The zero-order valence-corrected chi connectivity index (χ0v) is 31.7. The Balaban J connectivity index is 1.04. The molecule has 0 fully saturated rings. The number of para-hydroxylation sites is 3. The first-order valence-corrected chi connectivity index (χ1v) is 20.1. The van der Waals surface area contributed by atoms with Crippen LogP contribution in [-0.4, -0.2) is 19.9 Å². The molecule has 0 unspecified atom stereocenters. The first kappa shape index (κ1) is 32.7. The van der Waals surface area contributed by atoms with Crippen molar-refractivity contribution in [1.29, 1.82) is 0 Å². The van der Waals surface area contributed by atoms with Gasteiger partial charge in [-0.1, -0.05) is 140 Å². The quantitative estimate of drug-likeness (QED) is 0.164. The van der Waals surface area contributed by atoms with Gasteiger partial charge in [0, 0.05) is 63.8 Å². The molecule has 0 bridgehead atoms. The minimum Gasteiger partial charge on any atom is -0.455 e. The van der Waals surface area contributed by atoms with Gasteiger partial charge < -0.3 is 4.42 Å². The Hall–Kier alpha value is -7.54. The van der Waals surface area contributed by atoms with Crippen LogP contribution in [0.5, 0.6) is 0 Å². The van der Waals surface area contributed by atoms with Crippen LogP contribution in [0.1, 0.15) is 0 Å². The molecule has 270 valence electrons. The van der Waals surface area contributed by atoms with Crippen molar-refractivity contribution in [1.82, 2.24) is 19.9 Å². The lowest BCUT2D eigenvalue weighted by Gasteiger charge is -2.12. The van der Waals surface area contributed by atoms with E-state index in [0.717, 1.165) is 77.3 Å². The molecule has 0 saturated heterocycles. The molecule has 4 heterocycles. The fourth-order valence-electron chi connectivity index (χ4n) is 8.41. The maximum atomic E-state index is 6.44. The van der Waals surface area contributed by atoms with E-state index in [0.29, 0.717) is 17.5 Å². The molecular weight excluding hydrogens is 729 g/mol. The topological polar surface area (TPSA) is 64.7 Å². The summed E-state index contributed by atoms with van der Waals surface area (Å²) in [6.45, 7) is 0. The van der Waals surface area contributed by atoms with Crippen molar-refractivity contribution < 1.29 is 4.42 Å². The number of pyridine rings is 1. The van der Waals surface area contributed by atoms with Crippen molar-refractivity contribution in [3.05, 3.63) is 182 Å². The monoisotopic (exact) mass is 758 g/mol. The van der Waals surface area contributed by atoms with Gasteiger partial charge in [0.1, 0.15) is 11.2 Å². The average Bonchev–Trinajstić information content (AvgIpc) is 3.87. The average molecular weight is 759 g/mol. The SMILES string of the molecule is c1ccc(-c2nc(-c3cccc(-c4ccc5sc6ccc7c(-c8ccccc8)nc8ccccc8c7c6c5c4)c3)nc(-c3cccc4c3oc3ccccc34)n2)cc1. The molecule has 0 aliphatic rings. The summed E-state index contributed by atoms with van der Waals surface area (Å²) in [6.07, 6.45) is 0. The van der Waals surface area contributed by atoms with Crippen molar-refractivity contribution >= 4 is 75.1 Å². The number of fused-ring (bicyclic) bond motifs is 10. The van der Waals surface area contributed by atoms with E-state index in [9.17, 15) is 0 Å². The Morgan fingerprint density at radius 3 is 1.86 bits per heavy atom. The first-order valence-electron chi connectivity index (χ1n) is 19.3. The minimum atomic E-state index is 0.563. The molecule has 4 aromatic heterocycles. The van der Waals surface area contributed by atoms with E-state index in [1.165, 1.54) is 25.6 Å². The molecular formula is C52H30N4OS. The third-order valence-corrected chi connectivity index (χ3v) is 12.2. The van der Waals surface area contributed by atoms with Gasteiger partial charge >= 0.3 is 0 Å². The lowest BCUT2D eigenvalue weighted by atomic mass is 9.95. The summed E-state index contributed by atoms with van der Waals surface area (Å²) in [6, 6.07) is 63.3. The number of rotatable bonds is 5. The van der Waals surface area contributed by atoms with Gasteiger partial charge in [0.2, 0.25) is 0 Å². The minimum absolute atomic E-state index is 0.563. The van der Waals surface area contributed by atoms with E-state index in [-0.39, 0.29) is 0 Å². The molecule has 0 spiro atoms. The van der Waals surface area contributed by atoms with Crippen LogP contribution in [0.25, 0.3) is 120 Å². The predicted octanol–water partition coefficient (Wildman–Crippen LogP) is 14.2. The number of aromatic nitrogens is 4. The molecule has 12 rings (SSSR count). The van der Waals surface area contributed by atoms with Crippen molar-refractivity contribution in [3.8, 4) is 56.5 Å². The summed E-state index contributed by atoms with van der Waals surface area (Å²) in [5, 5.41) is 8.15. The van der Waals surface area contributed by atoms with E-state index in [1.807, 2.05) is 72.0 Å². The molecule has 0 saturated carbocycles. The van der Waals surface area contributed by atoms with Crippen LogP contribution in [-0.2, 0) is 0 Å². The van der Waals surface area contributed by atoms with Gasteiger partial charge in [-0.05, 0) is 53.6 Å². The molecule has 5 nitrogen and oxygen atoms in total. The number of furan rings is 1. The van der Waals surface area contributed by atoms with E-state index in [1.54, 1.807) is 0 Å². The molecule has 58 heavy (non-hydrogen) atoms. The molecule has 0 N–H and O–H groups in total. The van der Waals surface area contributed by atoms with Gasteiger partial charge in [0.15, 0.2) is 17.5 Å². The normalized spacial score (nSPS) is 11.8. The summed E-state index contributed by atoms with van der Waals surface area (Å²) >= 11 is 1.84. The Morgan fingerprint density at radius 2 is 1.00 bits per heavy atom. The Kier molecular flexibility index (Phi) is 7.33. The zero-order chi connectivity index (χ0) is 38.2. The lowest BCUT2D eigenvalue weighted by Crippen LogP contribution is -2.00. The Labute approximate surface area is 336 Å². The highest BCUT2D eigenvalue weighted by Gasteiger charge is 2.20. The smallest absolute Gasteiger partial charge is 0.167 e. The van der Waals surface area contributed by atoms with Crippen molar-refractivity contribution in [2.45, 2.75) is 0 Å². The largest absolute Gasteiger partial charge is 0.455 e. The van der Waals surface area contributed by atoms with E-state index >= 15 is 0 Å². The second-order valence-electron chi connectivity index (χ2n) is 14.6. The van der Waals surface area contributed by atoms with E-state index in [4.69, 9.17) is 24.4 Å². The Morgan fingerprint density at radius 1 is 0.362 bits per heavy atom. The number of hydrogen-bond donors (Lipinski definition) is 0. The fourth-order valence-corrected chi connectivity index (χ4v) is 9.50. The highest BCUT2D eigenvalue weighted by Crippen LogP contribution is 2.45. The number of hydrogen-bond acceptors (Lipinski definition) is 6. The van der Waals surface area contributed by atoms with Gasteiger partial charge in [-0.2, -0.15) is 0 Å². The molecule has 0 aliphatic heterocycles. The van der Waals surface area contributed by atoms with Crippen LogP contribution < -0.4 is 0 Å². The van der Waals surface area contributed by atoms with Crippen LogP contribution in [0.2, 0.25) is 0 Å². The maximum absolute atomic E-state index is 6.44. The molecule has 0 aliphatic carbocycles. The van der Waals surface area contributed by atoms with Gasteiger partial charge in [0.05, 0.1) is 16.8 Å². The van der Waals surface area contributed by atoms with Crippen LogP contribution in [0, 0.1) is 0 Å². The molecule has 8 aromatic carbocycles. The summed E-state index contributed by atoms with van der Waals surface area (Å²) < 4.78 is 8.95. The van der Waals surface area contributed by atoms with Gasteiger partial charge in [-0.15, -0.1) is 11.3 Å². The summed E-state index contributed by atoms with van der Waals surface area (Å²) in [4.78, 5) is 20.5. The third kappa shape index (κ3) is 5.23. The number of thiophene rings is 1. The third-order valence-electron chi connectivity index (χ3n) is 11.1. The zero-order valence-electron chi connectivity index (χ0n) is 30.9. The van der Waals surface area contributed by atoms with Crippen LogP contribution >= 0.6 is 11.3 Å². The lowest BCUT2D eigenvalue weighted by molar-refractivity contribution is 0.669. The van der Waals surface area contributed by atoms with Crippen molar-refractivity contribution in [2.24, 2.45) is 0 Å². The molecule has 0 radical (unpaired) electrons. The fraction of sp³-hybridized carbons (Fsp3) is 0. The van der Waals surface area contributed by atoms with Crippen LogP contribution in [0.3, 0.4) is 0 Å². The van der Waals surface area contributed by atoms with Gasteiger partial charge in [-0.25, -0.2) is 19.9 Å². The second kappa shape index (κ2) is 13.0. The highest BCUT2D eigenvalue weighted by atomic mass is 32.1. The summed E-state index contributed by atoms with van der Waals surface area (Å²) in [7, 11) is 0. The molecule has 0 amide bonds. The number of nitrogens with zero attached hydrogens (tertiary/aromatic N) is 4. The summed E-state index contributed by atoms with van der Waals surface area (Å²) in [5.74, 6) is 1.77. The molecule has 12 aromatic rings. The van der Waals surface area contributed by atoms with Gasteiger partial charge in [-0.3, -0.25) is 0 Å². The number of benzene rings is 8. The predicted molar refractivity (Wildman–Crippen MR) is 240 cm³/mol. The van der Waals surface area contributed by atoms with Crippen LogP contribution in [0.15, 0.2) is 186 Å². The highest BCUT2D eigenvalue weighted by molar-refractivity contribution is 7.26. The standard InChI is InChI=1S/C52H30N4OS/c1-3-13-31(14-4-1)48-39-26-28-45-47(46(39)38-20-7-9-23-42(38)53-48)41-30-34(25-27-44(41)58-45)33-17-11-18-35(29-33)51-54-50(32-15-5-2-6-16-32)55-52(56-51)40-22-12-21-37-36-19-8-10-24-43(36)57-49(37)40/h1-30H. The van der Waals surface area contributed by atoms with Crippen molar-refractivity contribution in [2.75, 3.05) is 0 Å². The van der Waals surface area contributed by atoms with Crippen LogP contribution in [0.4, 0.5) is 0 Å². The maximum Gasteiger partial charge on any atom is 0.167 e. The second-order valence-corrected chi connectivity index (χ2v) is 15.6.